The predicted molar refractivity (Wildman–Crippen MR) is 76.9 cm³/mol. The quantitative estimate of drug-likeness (QED) is 0.659. The summed E-state index contributed by atoms with van der Waals surface area (Å²) in [6.07, 6.45) is 2.66. The monoisotopic (exact) mass is 357 g/mol. The third-order valence-electron chi connectivity index (χ3n) is 3.72. The molecule has 1 fully saturated rings. The Hall–Kier alpha value is -2.92. The van der Waals surface area contributed by atoms with Gasteiger partial charge in [0.25, 0.3) is 5.92 Å². The van der Waals surface area contributed by atoms with E-state index in [0.29, 0.717) is 11.2 Å². The number of anilines is 2. The first-order chi connectivity index (χ1) is 11.9. The summed E-state index contributed by atoms with van der Waals surface area (Å²) in [6.45, 7) is -2.93. The molecule has 2 N–H and O–H groups in total. The maximum atomic E-state index is 13.1. The van der Waals surface area contributed by atoms with Gasteiger partial charge in [-0.1, -0.05) is 0 Å². The first kappa shape index (κ1) is 15.6. The highest BCUT2D eigenvalue weighted by Gasteiger charge is 2.57. The minimum atomic E-state index is -2.97. The standard InChI is InChI=1S/C13H11F4N7O/c14-12(15)25-10-1-8(22-23-10)20-9-4-18-7-3-19-24(11(7)21-9)5-6-2-13(6,16)17/h1,3-4,6,12H,2,5H2,(H2,20,21,22,23)/t6-/m0/s1. The van der Waals surface area contributed by atoms with Gasteiger partial charge in [-0.15, -0.1) is 0 Å². The van der Waals surface area contributed by atoms with Gasteiger partial charge in [0.2, 0.25) is 5.88 Å². The molecule has 25 heavy (non-hydrogen) atoms. The van der Waals surface area contributed by atoms with E-state index >= 15 is 0 Å². The van der Waals surface area contributed by atoms with E-state index in [9.17, 15) is 17.6 Å². The highest BCUT2D eigenvalue weighted by molar-refractivity contribution is 5.71. The van der Waals surface area contributed by atoms with E-state index in [-0.39, 0.29) is 30.5 Å². The lowest BCUT2D eigenvalue weighted by atomic mass is 10.4. The summed E-state index contributed by atoms with van der Waals surface area (Å²) in [4.78, 5) is 8.40. The molecule has 0 radical (unpaired) electrons. The average Bonchev–Trinajstić information content (AvgIpc) is 2.90. The number of fused-ring (bicyclic) bond motifs is 1. The van der Waals surface area contributed by atoms with Crippen molar-refractivity contribution >= 4 is 22.8 Å². The number of H-pyrrole nitrogens is 1. The van der Waals surface area contributed by atoms with Gasteiger partial charge in [0.15, 0.2) is 17.3 Å². The predicted octanol–water partition coefficient (Wildman–Crippen LogP) is 2.55. The van der Waals surface area contributed by atoms with Crippen LogP contribution in [0.5, 0.6) is 5.88 Å². The number of hydrogen-bond acceptors (Lipinski definition) is 6. The fourth-order valence-corrected chi connectivity index (χ4v) is 2.37. The first-order valence-electron chi connectivity index (χ1n) is 7.24. The number of rotatable bonds is 6. The SMILES string of the molecule is FC(F)Oc1cc(Nc2cnc3cnn(C[C@@H]4CC4(F)F)c3n2)n[nH]1. The largest absolute Gasteiger partial charge is 0.417 e. The summed E-state index contributed by atoms with van der Waals surface area (Å²) < 4.78 is 56.0. The van der Waals surface area contributed by atoms with E-state index < -0.39 is 18.5 Å². The normalized spacial score (nSPS) is 18.7. The van der Waals surface area contributed by atoms with Crippen molar-refractivity contribution in [1.82, 2.24) is 29.9 Å². The Bertz CT molecular complexity index is 909. The van der Waals surface area contributed by atoms with Crippen LogP contribution in [0, 0.1) is 5.92 Å². The van der Waals surface area contributed by atoms with Gasteiger partial charge in [0, 0.05) is 18.4 Å². The number of halogens is 4. The van der Waals surface area contributed by atoms with Gasteiger partial charge in [0.05, 0.1) is 18.9 Å². The molecular weight excluding hydrogens is 346 g/mol. The van der Waals surface area contributed by atoms with Crippen LogP contribution in [0.15, 0.2) is 18.5 Å². The molecule has 3 aromatic rings. The molecule has 8 nitrogen and oxygen atoms in total. The molecule has 0 bridgehead atoms. The topological polar surface area (TPSA) is 93.5 Å². The molecular formula is C13H11F4N7O. The average molecular weight is 357 g/mol. The van der Waals surface area contributed by atoms with Crippen LogP contribution in [0.25, 0.3) is 11.2 Å². The smallest absolute Gasteiger partial charge is 0.388 e. The summed E-state index contributed by atoms with van der Waals surface area (Å²) in [6, 6.07) is 1.22. The number of nitrogens with one attached hydrogen (secondary N) is 2. The van der Waals surface area contributed by atoms with Crippen molar-refractivity contribution in [2.24, 2.45) is 5.92 Å². The van der Waals surface area contributed by atoms with Crippen LogP contribution in [0.3, 0.4) is 0 Å². The summed E-state index contributed by atoms with van der Waals surface area (Å²) >= 11 is 0. The molecule has 1 saturated carbocycles. The molecule has 12 heteroatoms. The summed E-state index contributed by atoms with van der Waals surface area (Å²) in [7, 11) is 0. The molecule has 1 aliphatic rings. The first-order valence-corrected chi connectivity index (χ1v) is 7.24. The number of nitrogens with zero attached hydrogens (tertiary/aromatic N) is 5. The summed E-state index contributed by atoms with van der Waals surface area (Å²) in [5.74, 6) is -3.18. The van der Waals surface area contributed by atoms with Crippen LogP contribution >= 0.6 is 0 Å². The molecule has 0 aliphatic heterocycles. The van der Waals surface area contributed by atoms with Crippen molar-refractivity contribution in [3.05, 3.63) is 18.5 Å². The number of ether oxygens (including phenoxy) is 1. The number of hydrogen-bond donors (Lipinski definition) is 2. The lowest BCUT2D eigenvalue weighted by molar-refractivity contribution is -0.0528. The van der Waals surface area contributed by atoms with Crippen molar-refractivity contribution < 1.29 is 22.3 Å². The molecule has 0 amide bonds. The van der Waals surface area contributed by atoms with Gasteiger partial charge in [-0.25, -0.2) is 28.5 Å². The van der Waals surface area contributed by atoms with Gasteiger partial charge in [0.1, 0.15) is 5.52 Å². The maximum absolute atomic E-state index is 13.1. The van der Waals surface area contributed by atoms with E-state index in [0.717, 1.165) is 0 Å². The molecule has 0 aromatic carbocycles. The minimum Gasteiger partial charge on any atom is -0.417 e. The number of aromatic nitrogens is 6. The highest BCUT2D eigenvalue weighted by Crippen LogP contribution is 2.49. The minimum absolute atomic E-state index is 0.0451. The van der Waals surface area contributed by atoms with Crippen LogP contribution in [0.4, 0.5) is 29.2 Å². The van der Waals surface area contributed by atoms with Gasteiger partial charge in [-0.2, -0.15) is 19.0 Å². The summed E-state index contributed by atoms with van der Waals surface area (Å²) in [5, 5.41) is 12.8. The Balaban J connectivity index is 1.53. The lowest BCUT2D eigenvalue weighted by Crippen LogP contribution is -2.08. The van der Waals surface area contributed by atoms with Crippen LogP contribution in [0.2, 0.25) is 0 Å². The fraction of sp³-hybridized carbons (Fsp3) is 0.385. The third kappa shape index (κ3) is 3.19. The van der Waals surface area contributed by atoms with E-state index in [4.69, 9.17) is 0 Å². The second-order valence-corrected chi connectivity index (χ2v) is 5.57. The Morgan fingerprint density at radius 2 is 2.16 bits per heavy atom. The Labute approximate surface area is 137 Å². The van der Waals surface area contributed by atoms with Gasteiger partial charge >= 0.3 is 6.61 Å². The molecule has 1 atom stereocenters. The molecule has 3 aromatic heterocycles. The van der Waals surface area contributed by atoms with Crippen molar-refractivity contribution in [1.29, 1.82) is 0 Å². The zero-order valence-electron chi connectivity index (χ0n) is 12.5. The molecule has 0 unspecified atom stereocenters. The van der Waals surface area contributed by atoms with Gasteiger partial charge < -0.3 is 10.1 Å². The van der Waals surface area contributed by atoms with E-state index in [1.54, 1.807) is 0 Å². The molecule has 0 saturated heterocycles. The fourth-order valence-electron chi connectivity index (χ4n) is 2.37. The van der Waals surface area contributed by atoms with Crippen molar-refractivity contribution in [2.75, 3.05) is 5.32 Å². The number of alkyl halides is 4. The van der Waals surface area contributed by atoms with Gasteiger partial charge in [-0.3, -0.25) is 0 Å². The Morgan fingerprint density at radius 1 is 1.36 bits per heavy atom. The van der Waals surface area contributed by atoms with Crippen LogP contribution in [0.1, 0.15) is 6.42 Å². The Kier molecular flexibility index (Phi) is 3.47. The zero-order valence-corrected chi connectivity index (χ0v) is 12.5. The van der Waals surface area contributed by atoms with Crippen molar-refractivity contribution in [3.8, 4) is 5.88 Å². The van der Waals surface area contributed by atoms with Crippen LogP contribution in [-0.2, 0) is 6.54 Å². The van der Waals surface area contributed by atoms with E-state index in [1.807, 2.05) is 0 Å². The van der Waals surface area contributed by atoms with Crippen molar-refractivity contribution in [3.63, 3.8) is 0 Å². The second-order valence-electron chi connectivity index (χ2n) is 5.57. The third-order valence-corrected chi connectivity index (χ3v) is 3.72. The van der Waals surface area contributed by atoms with Crippen molar-refractivity contribution in [2.45, 2.75) is 25.5 Å². The second kappa shape index (κ2) is 5.57. The van der Waals surface area contributed by atoms with Gasteiger partial charge in [-0.05, 0) is 0 Å². The number of aromatic amines is 1. The van der Waals surface area contributed by atoms with E-state index in [2.05, 4.69) is 35.3 Å². The lowest BCUT2D eigenvalue weighted by Gasteiger charge is -2.04. The zero-order chi connectivity index (χ0) is 17.6. The maximum Gasteiger partial charge on any atom is 0.388 e. The van der Waals surface area contributed by atoms with Crippen LogP contribution < -0.4 is 10.1 Å². The molecule has 0 spiro atoms. The molecule has 132 valence electrons. The highest BCUT2D eigenvalue weighted by atomic mass is 19.3. The van der Waals surface area contributed by atoms with E-state index in [1.165, 1.54) is 23.1 Å². The summed E-state index contributed by atoms with van der Waals surface area (Å²) in [5.41, 5.74) is 0.797. The van der Waals surface area contributed by atoms with Crippen LogP contribution in [-0.4, -0.2) is 42.5 Å². The molecule has 4 rings (SSSR count). The Morgan fingerprint density at radius 3 is 2.88 bits per heavy atom. The molecule has 1 aliphatic carbocycles. The molecule has 3 heterocycles.